The molecule has 1 heterocycles. The largest absolute Gasteiger partial charge is 0.352 e. The molecule has 5 heteroatoms. The van der Waals surface area contributed by atoms with Crippen molar-refractivity contribution in [2.75, 3.05) is 13.1 Å². The Balaban J connectivity index is 1.58. The number of benzene rings is 2. The van der Waals surface area contributed by atoms with E-state index in [0.29, 0.717) is 24.1 Å². The molecule has 0 aromatic heterocycles. The fourth-order valence-electron chi connectivity index (χ4n) is 3.46. The van der Waals surface area contributed by atoms with Crippen LogP contribution in [0.5, 0.6) is 0 Å². The minimum atomic E-state index is -0.258. The highest BCUT2D eigenvalue weighted by Gasteiger charge is 2.28. The normalized spacial score (nSPS) is 16.2. The zero-order chi connectivity index (χ0) is 19.2. The maximum atomic E-state index is 13.6. The van der Waals surface area contributed by atoms with E-state index >= 15 is 0 Å². The minimum absolute atomic E-state index is 0.0358. The maximum Gasteiger partial charge on any atom is 0.251 e. The molecule has 27 heavy (non-hydrogen) atoms. The molecule has 1 aliphatic rings. The van der Waals surface area contributed by atoms with Gasteiger partial charge in [-0.1, -0.05) is 36.9 Å². The predicted molar refractivity (Wildman–Crippen MR) is 103 cm³/mol. The molecule has 0 bridgehead atoms. The first-order valence-corrected chi connectivity index (χ1v) is 9.14. The number of nitrogens with zero attached hydrogens (tertiary/aromatic N) is 1. The van der Waals surface area contributed by atoms with Gasteiger partial charge in [-0.2, -0.15) is 0 Å². The predicted octanol–water partition coefficient (Wildman–Crippen LogP) is 3.65. The summed E-state index contributed by atoms with van der Waals surface area (Å²) >= 11 is 0. The van der Waals surface area contributed by atoms with Crippen molar-refractivity contribution in [1.82, 2.24) is 10.2 Å². The Kier molecular flexibility index (Phi) is 6.01. The van der Waals surface area contributed by atoms with E-state index in [9.17, 15) is 14.0 Å². The van der Waals surface area contributed by atoms with Crippen molar-refractivity contribution in [3.8, 4) is 0 Å². The molecular formula is C22H23FN2O2. The first-order chi connectivity index (χ1) is 13.1. The summed E-state index contributed by atoms with van der Waals surface area (Å²) in [4.78, 5) is 26.1. The van der Waals surface area contributed by atoms with Gasteiger partial charge >= 0.3 is 0 Å². The molecule has 2 amide bonds. The smallest absolute Gasteiger partial charge is 0.251 e. The molecule has 1 unspecified atom stereocenters. The van der Waals surface area contributed by atoms with Gasteiger partial charge in [-0.15, -0.1) is 0 Å². The summed E-state index contributed by atoms with van der Waals surface area (Å²) in [7, 11) is 0. The van der Waals surface area contributed by atoms with Crippen molar-refractivity contribution in [3.05, 3.63) is 83.7 Å². The lowest BCUT2D eigenvalue weighted by Crippen LogP contribution is -2.29. The van der Waals surface area contributed by atoms with E-state index < -0.39 is 0 Å². The summed E-state index contributed by atoms with van der Waals surface area (Å²) in [5.41, 5.74) is 2.15. The van der Waals surface area contributed by atoms with Gasteiger partial charge in [0.05, 0.1) is 6.04 Å². The molecule has 140 valence electrons. The molecule has 2 aromatic rings. The molecule has 0 radical (unpaired) electrons. The summed E-state index contributed by atoms with van der Waals surface area (Å²) < 4.78 is 13.6. The zero-order valence-electron chi connectivity index (χ0n) is 15.2. The lowest BCUT2D eigenvalue weighted by molar-refractivity contribution is -0.126. The summed E-state index contributed by atoms with van der Waals surface area (Å²) in [5, 5.41) is 2.82. The quantitative estimate of drug-likeness (QED) is 0.794. The van der Waals surface area contributed by atoms with E-state index in [1.54, 1.807) is 30.3 Å². The van der Waals surface area contributed by atoms with E-state index in [1.807, 2.05) is 17.0 Å². The van der Waals surface area contributed by atoms with Gasteiger partial charge in [0.1, 0.15) is 5.82 Å². The Labute approximate surface area is 158 Å². The summed E-state index contributed by atoms with van der Waals surface area (Å²) in [6.45, 7) is 4.66. The van der Waals surface area contributed by atoms with Crippen LogP contribution >= 0.6 is 0 Å². The van der Waals surface area contributed by atoms with Crippen LogP contribution in [0.3, 0.4) is 0 Å². The molecule has 1 N–H and O–H groups in total. The van der Waals surface area contributed by atoms with Gasteiger partial charge in [0, 0.05) is 18.7 Å². The van der Waals surface area contributed by atoms with Gasteiger partial charge < -0.3 is 10.2 Å². The van der Waals surface area contributed by atoms with Crippen LogP contribution in [0.25, 0.3) is 0 Å². The Morgan fingerprint density at radius 2 is 1.93 bits per heavy atom. The fourth-order valence-corrected chi connectivity index (χ4v) is 3.46. The van der Waals surface area contributed by atoms with Gasteiger partial charge in [-0.25, -0.2) is 4.39 Å². The topological polar surface area (TPSA) is 49.4 Å². The zero-order valence-corrected chi connectivity index (χ0v) is 15.2. The highest BCUT2D eigenvalue weighted by molar-refractivity contribution is 5.94. The molecular weight excluding hydrogens is 343 g/mol. The Morgan fingerprint density at radius 1 is 1.19 bits per heavy atom. The highest BCUT2D eigenvalue weighted by atomic mass is 19.1. The molecule has 3 rings (SSSR count). The van der Waals surface area contributed by atoms with Crippen LogP contribution in [0.4, 0.5) is 4.39 Å². The fraction of sp³-hybridized carbons (Fsp3) is 0.273. The first kappa shape index (κ1) is 18.8. The van der Waals surface area contributed by atoms with Gasteiger partial charge in [-0.05, 0) is 54.7 Å². The van der Waals surface area contributed by atoms with E-state index in [0.717, 1.165) is 24.9 Å². The highest BCUT2D eigenvalue weighted by Crippen LogP contribution is 2.32. The first-order valence-electron chi connectivity index (χ1n) is 9.14. The molecule has 1 atom stereocenters. The van der Waals surface area contributed by atoms with Crippen molar-refractivity contribution in [2.45, 2.75) is 25.3 Å². The van der Waals surface area contributed by atoms with Crippen LogP contribution in [0.1, 0.15) is 40.4 Å². The Bertz CT molecular complexity index is 832. The van der Waals surface area contributed by atoms with Crippen LogP contribution in [-0.2, 0) is 11.2 Å². The van der Waals surface area contributed by atoms with Crippen LogP contribution in [0.15, 0.2) is 61.2 Å². The van der Waals surface area contributed by atoms with E-state index in [4.69, 9.17) is 0 Å². The lowest BCUT2D eigenvalue weighted by atomic mass is 10.0. The minimum Gasteiger partial charge on any atom is -0.352 e. The van der Waals surface area contributed by atoms with Gasteiger partial charge in [0.15, 0.2) is 0 Å². The van der Waals surface area contributed by atoms with Crippen LogP contribution < -0.4 is 5.32 Å². The summed E-state index contributed by atoms with van der Waals surface area (Å²) in [6, 6.07) is 13.9. The van der Waals surface area contributed by atoms with E-state index in [1.165, 1.54) is 12.1 Å². The average molecular weight is 366 g/mol. The molecule has 2 aromatic carbocycles. The number of carbonyl (C=O) groups is 2. The number of hydrogen-bond acceptors (Lipinski definition) is 2. The summed E-state index contributed by atoms with van der Waals surface area (Å²) in [6.07, 6.45) is 3.66. The lowest BCUT2D eigenvalue weighted by Gasteiger charge is -2.23. The van der Waals surface area contributed by atoms with Crippen molar-refractivity contribution in [2.24, 2.45) is 0 Å². The molecule has 4 nitrogen and oxygen atoms in total. The third kappa shape index (κ3) is 4.42. The van der Waals surface area contributed by atoms with Crippen molar-refractivity contribution in [1.29, 1.82) is 0 Å². The number of halogens is 1. The third-order valence-electron chi connectivity index (χ3n) is 4.91. The third-order valence-corrected chi connectivity index (χ3v) is 4.91. The molecule has 0 spiro atoms. The van der Waals surface area contributed by atoms with Gasteiger partial charge in [0.2, 0.25) is 5.91 Å². The second kappa shape index (κ2) is 8.62. The number of likely N-dealkylation sites (tertiary alicyclic amines) is 1. The van der Waals surface area contributed by atoms with E-state index in [-0.39, 0.29) is 23.7 Å². The number of carbonyl (C=O) groups excluding carboxylic acids is 2. The van der Waals surface area contributed by atoms with E-state index in [2.05, 4.69) is 11.9 Å². The molecule has 1 saturated heterocycles. The number of nitrogens with one attached hydrogen (secondary N) is 1. The number of amides is 2. The van der Waals surface area contributed by atoms with Crippen molar-refractivity contribution < 1.29 is 14.0 Å². The van der Waals surface area contributed by atoms with Crippen LogP contribution in [0.2, 0.25) is 0 Å². The molecule has 1 fully saturated rings. The Hall–Kier alpha value is -2.95. The second-order valence-corrected chi connectivity index (χ2v) is 6.61. The average Bonchev–Trinajstić information content (AvgIpc) is 3.18. The van der Waals surface area contributed by atoms with Gasteiger partial charge in [0.25, 0.3) is 5.91 Å². The van der Waals surface area contributed by atoms with Gasteiger partial charge in [-0.3, -0.25) is 9.59 Å². The second-order valence-electron chi connectivity index (χ2n) is 6.61. The monoisotopic (exact) mass is 366 g/mol. The number of hydrogen-bond donors (Lipinski definition) is 1. The standard InChI is InChI=1S/C22H23FN2O2/c1-2-21(26)25-15-5-8-20(25)17-9-11-18(12-10-17)22(27)24-14-13-16-6-3-4-7-19(16)23/h2-4,6-7,9-12,20H,1,5,8,13-15H2,(H,24,27). The van der Waals surface area contributed by atoms with Crippen LogP contribution in [-0.4, -0.2) is 29.8 Å². The van der Waals surface area contributed by atoms with Crippen molar-refractivity contribution in [3.63, 3.8) is 0 Å². The molecule has 1 aliphatic heterocycles. The molecule has 0 saturated carbocycles. The Morgan fingerprint density at radius 3 is 2.63 bits per heavy atom. The van der Waals surface area contributed by atoms with Crippen molar-refractivity contribution >= 4 is 11.8 Å². The summed E-state index contributed by atoms with van der Waals surface area (Å²) in [5.74, 6) is -0.512. The maximum absolute atomic E-state index is 13.6. The number of rotatable bonds is 6. The van der Waals surface area contributed by atoms with Crippen LogP contribution in [0, 0.1) is 5.82 Å². The molecule has 0 aliphatic carbocycles. The SMILES string of the molecule is C=CC(=O)N1CCCC1c1ccc(C(=O)NCCc2ccccc2F)cc1.